The minimum Gasteiger partial charge on any atom is -0.472 e. The molecule has 1 fully saturated rings. The standard InChI is InChI=1S/C30H29N5O3S/c1-19-18-39-27(32-19)25-9-6-11-35(25)28(36)24-14-22(21-10-12-37-17-21)13-23(15-24)26-33-34-29(38-26)30(2,31)16-20-7-4-3-5-8-20/h3-5,7-8,10,12-15,17-18,25H,6,9,11,16,31H2,1-2H3. The quantitative estimate of drug-likeness (QED) is 0.264. The van der Waals surface area contributed by atoms with Crippen molar-refractivity contribution in [2.45, 2.75) is 44.7 Å². The van der Waals surface area contributed by atoms with E-state index in [1.807, 2.05) is 78.7 Å². The van der Waals surface area contributed by atoms with Gasteiger partial charge in [0, 0.05) is 34.3 Å². The van der Waals surface area contributed by atoms with E-state index in [0.29, 0.717) is 35.9 Å². The van der Waals surface area contributed by atoms with Gasteiger partial charge in [-0.05, 0) is 68.5 Å². The molecule has 2 unspecified atom stereocenters. The number of carbonyl (C=O) groups is 1. The van der Waals surface area contributed by atoms with Crippen LogP contribution >= 0.6 is 11.3 Å². The summed E-state index contributed by atoms with van der Waals surface area (Å²) in [5.41, 5.74) is 10.7. The van der Waals surface area contributed by atoms with E-state index in [0.717, 1.165) is 40.2 Å². The van der Waals surface area contributed by atoms with Crippen LogP contribution in [0.5, 0.6) is 0 Å². The van der Waals surface area contributed by atoms with Crippen LogP contribution in [-0.2, 0) is 12.0 Å². The van der Waals surface area contributed by atoms with Crippen molar-refractivity contribution < 1.29 is 13.6 Å². The Morgan fingerprint density at radius 3 is 2.69 bits per heavy atom. The maximum Gasteiger partial charge on any atom is 0.254 e. The van der Waals surface area contributed by atoms with Crippen LogP contribution < -0.4 is 5.73 Å². The summed E-state index contributed by atoms with van der Waals surface area (Å²) in [5.74, 6) is 0.591. The second-order valence-corrected chi connectivity index (χ2v) is 11.2. The van der Waals surface area contributed by atoms with Crippen molar-refractivity contribution in [1.29, 1.82) is 0 Å². The molecule has 2 N–H and O–H groups in total. The van der Waals surface area contributed by atoms with Gasteiger partial charge in [0.15, 0.2) is 0 Å². The van der Waals surface area contributed by atoms with Gasteiger partial charge in [-0.3, -0.25) is 4.79 Å². The summed E-state index contributed by atoms with van der Waals surface area (Å²) in [7, 11) is 0. The van der Waals surface area contributed by atoms with E-state index in [4.69, 9.17) is 14.6 Å². The minimum atomic E-state index is -0.859. The van der Waals surface area contributed by atoms with Crippen molar-refractivity contribution in [1.82, 2.24) is 20.1 Å². The molecule has 2 atom stereocenters. The summed E-state index contributed by atoms with van der Waals surface area (Å²) < 4.78 is 11.5. The molecule has 1 aliphatic rings. The Morgan fingerprint density at radius 2 is 1.95 bits per heavy atom. The highest BCUT2D eigenvalue weighted by atomic mass is 32.1. The maximum absolute atomic E-state index is 13.9. The molecule has 6 rings (SSSR count). The van der Waals surface area contributed by atoms with Gasteiger partial charge >= 0.3 is 0 Å². The van der Waals surface area contributed by atoms with Gasteiger partial charge in [-0.1, -0.05) is 30.3 Å². The Labute approximate surface area is 230 Å². The average molecular weight is 540 g/mol. The van der Waals surface area contributed by atoms with Crippen LogP contribution in [-0.4, -0.2) is 32.5 Å². The molecular weight excluding hydrogens is 510 g/mol. The van der Waals surface area contributed by atoms with E-state index >= 15 is 0 Å². The third kappa shape index (κ3) is 5.15. The number of benzene rings is 2. The summed E-state index contributed by atoms with van der Waals surface area (Å²) in [6.07, 6.45) is 5.64. The molecule has 8 nitrogen and oxygen atoms in total. The Bertz CT molecular complexity index is 1590. The van der Waals surface area contributed by atoms with Crippen molar-refractivity contribution in [2.75, 3.05) is 6.54 Å². The monoisotopic (exact) mass is 539 g/mol. The fraction of sp³-hybridized carbons (Fsp3) is 0.267. The minimum absolute atomic E-state index is 0.0248. The van der Waals surface area contributed by atoms with Gasteiger partial charge in [0.2, 0.25) is 11.8 Å². The number of hydrogen-bond acceptors (Lipinski definition) is 8. The van der Waals surface area contributed by atoms with E-state index in [2.05, 4.69) is 15.2 Å². The van der Waals surface area contributed by atoms with E-state index in [9.17, 15) is 4.79 Å². The lowest BCUT2D eigenvalue weighted by Gasteiger charge is -2.23. The third-order valence-corrected chi connectivity index (χ3v) is 8.11. The molecule has 3 aromatic heterocycles. The highest BCUT2D eigenvalue weighted by Gasteiger charge is 2.33. The fourth-order valence-corrected chi connectivity index (χ4v) is 6.04. The molecule has 0 bridgehead atoms. The van der Waals surface area contributed by atoms with Crippen LogP contribution in [0, 0.1) is 6.92 Å². The number of aryl methyl sites for hydroxylation is 1. The van der Waals surface area contributed by atoms with Crippen molar-refractivity contribution in [3.63, 3.8) is 0 Å². The van der Waals surface area contributed by atoms with Gasteiger partial charge < -0.3 is 19.5 Å². The Kier molecular flexibility index (Phi) is 6.62. The largest absolute Gasteiger partial charge is 0.472 e. The van der Waals surface area contributed by atoms with Crippen molar-refractivity contribution in [2.24, 2.45) is 5.73 Å². The number of likely N-dealkylation sites (tertiary alicyclic amines) is 1. The van der Waals surface area contributed by atoms with Gasteiger partial charge in [-0.25, -0.2) is 4.98 Å². The third-order valence-electron chi connectivity index (χ3n) is 7.04. The van der Waals surface area contributed by atoms with Gasteiger partial charge in [0.05, 0.1) is 24.1 Å². The second-order valence-electron chi connectivity index (χ2n) is 10.3. The number of hydrogen-bond donors (Lipinski definition) is 1. The first-order chi connectivity index (χ1) is 18.9. The molecule has 1 aliphatic heterocycles. The van der Waals surface area contributed by atoms with Gasteiger partial charge in [0.1, 0.15) is 5.01 Å². The molecule has 2 aromatic carbocycles. The molecule has 0 spiro atoms. The van der Waals surface area contributed by atoms with E-state index in [-0.39, 0.29) is 11.9 Å². The fourth-order valence-electron chi connectivity index (χ4n) is 5.09. The molecule has 39 heavy (non-hydrogen) atoms. The zero-order valence-corrected chi connectivity index (χ0v) is 22.6. The topological polar surface area (TPSA) is 111 Å². The molecule has 0 radical (unpaired) electrons. The van der Waals surface area contributed by atoms with Crippen molar-refractivity contribution >= 4 is 17.2 Å². The van der Waals surface area contributed by atoms with Crippen LogP contribution in [0.2, 0.25) is 0 Å². The lowest BCUT2D eigenvalue weighted by atomic mass is 9.94. The molecule has 0 saturated carbocycles. The lowest BCUT2D eigenvalue weighted by Crippen LogP contribution is -2.35. The molecular formula is C30H29N5O3S. The first kappa shape index (κ1) is 25.2. The summed E-state index contributed by atoms with van der Waals surface area (Å²) in [5, 5.41) is 11.6. The SMILES string of the molecule is Cc1csc(C2CCCN2C(=O)c2cc(-c3ccoc3)cc(-c3nnc(C(C)(N)Cc4ccccc4)o3)c2)n1. The Morgan fingerprint density at radius 1 is 1.13 bits per heavy atom. The number of furan rings is 1. The molecule has 1 amide bonds. The second kappa shape index (κ2) is 10.2. The van der Waals surface area contributed by atoms with Crippen LogP contribution in [0.3, 0.4) is 0 Å². The number of aromatic nitrogens is 3. The highest BCUT2D eigenvalue weighted by Crippen LogP contribution is 2.36. The molecule has 4 heterocycles. The lowest BCUT2D eigenvalue weighted by molar-refractivity contribution is 0.0735. The normalized spacial score (nSPS) is 16.9. The summed E-state index contributed by atoms with van der Waals surface area (Å²) in [6.45, 7) is 4.54. The average Bonchev–Trinajstić information content (AvgIpc) is 3.74. The predicted octanol–water partition coefficient (Wildman–Crippen LogP) is 6.16. The number of nitrogens with two attached hydrogens (primary N) is 1. The zero-order valence-electron chi connectivity index (χ0n) is 21.8. The maximum atomic E-state index is 13.9. The Hall–Kier alpha value is -4.08. The highest BCUT2D eigenvalue weighted by molar-refractivity contribution is 7.09. The molecule has 1 saturated heterocycles. The number of thiazole rings is 1. The Balaban J connectivity index is 1.35. The van der Waals surface area contributed by atoms with Crippen LogP contribution in [0.15, 0.2) is 81.3 Å². The zero-order chi connectivity index (χ0) is 27.0. The van der Waals surface area contributed by atoms with Crippen LogP contribution in [0.4, 0.5) is 0 Å². The van der Waals surface area contributed by atoms with E-state index in [1.54, 1.807) is 23.9 Å². The van der Waals surface area contributed by atoms with Crippen molar-refractivity contribution in [3.05, 3.63) is 100 Å². The molecule has 5 aromatic rings. The number of nitrogens with zero attached hydrogens (tertiary/aromatic N) is 4. The smallest absolute Gasteiger partial charge is 0.254 e. The first-order valence-corrected chi connectivity index (χ1v) is 13.8. The van der Waals surface area contributed by atoms with Gasteiger partial charge in [-0.15, -0.1) is 21.5 Å². The number of carbonyl (C=O) groups excluding carboxylic acids is 1. The number of amides is 1. The van der Waals surface area contributed by atoms with Gasteiger partial charge in [0.25, 0.3) is 5.91 Å². The molecule has 198 valence electrons. The molecule has 9 heteroatoms. The predicted molar refractivity (Wildman–Crippen MR) is 149 cm³/mol. The number of rotatable bonds is 7. The summed E-state index contributed by atoms with van der Waals surface area (Å²) in [4.78, 5) is 20.5. The van der Waals surface area contributed by atoms with Crippen LogP contribution in [0.25, 0.3) is 22.6 Å². The molecule has 0 aliphatic carbocycles. The summed E-state index contributed by atoms with van der Waals surface area (Å²) in [6, 6.07) is 17.4. The van der Waals surface area contributed by atoms with E-state index in [1.165, 1.54) is 0 Å². The van der Waals surface area contributed by atoms with Gasteiger partial charge in [-0.2, -0.15) is 0 Å². The van der Waals surface area contributed by atoms with Crippen LogP contribution in [0.1, 0.15) is 58.3 Å². The summed E-state index contributed by atoms with van der Waals surface area (Å²) >= 11 is 1.61. The van der Waals surface area contributed by atoms with Crippen molar-refractivity contribution in [3.8, 4) is 22.6 Å². The first-order valence-electron chi connectivity index (χ1n) is 13.0. The van der Waals surface area contributed by atoms with E-state index < -0.39 is 5.54 Å².